The van der Waals surface area contributed by atoms with E-state index in [1.54, 1.807) is 0 Å². The van der Waals surface area contributed by atoms with Crippen LogP contribution in [0.5, 0.6) is 0 Å². The van der Waals surface area contributed by atoms with E-state index in [1.165, 1.54) is 13.8 Å². The quantitative estimate of drug-likeness (QED) is 0.571. The van der Waals surface area contributed by atoms with Gasteiger partial charge in [-0.1, -0.05) is 13.8 Å². The summed E-state index contributed by atoms with van der Waals surface area (Å²) in [4.78, 5) is 0. The maximum Gasteiger partial charge on any atom is 0.246 e. The van der Waals surface area contributed by atoms with Gasteiger partial charge in [-0.25, -0.2) is 8.78 Å². The van der Waals surface area contributed by atoms with Crippen molar-refractivity contribution in [3.8, 4) is 0 Å². The van der Waals surface area contributed by atoms with Crippen molar-refractivity contribution >= 4 is 0 Å². The van der Waals surface area contributed by atoms with Crippen molar-refractivity contribution in [1.29, 1.82) is 0 Å². The molecule has 1 aliphatic heterocycles. The second-order valence-corrected chi connectivity index (χ2v) is 4.22. The number of alkyl halides is 2. The topological polar surface area (TPSA) is 12.5 Å². The fourth-order valence-electron chi connectivity index (χ4n) is 1.43. The average Bonchev–Trinajstić information content (AvgIpc) is 2.40. The molecule has 0 N–H and O–H groups in total. The van der Waals surface area contributed by atoms with Gasteiger partial charge in [0.25, 0.3) is 0 Å². The minimum absolute atomic E-state index is 0.296. The third kappa shape index (κ3) is 1.39. The molecule has 0 radical (unpaired) electrons. The molecular formula is C8H14F2O. The largest absolute Gasteiger partial charge is 0.366 e. The van der Waals surface area contributed by atoms with Crippen LogP contribution in [-0.4, -0.2) is 18.1 Å². The van der Waals surface area contributed by atoms with Gasteiger partial charge in [0.2, 0.25) is 6.43 Å². The van der Waals surface area contributed by atoms with E-state index in [1.807, 2.05) is 13.8 Å². The van der Waals surface area contributed by atoms with E-state index in [-0.39, 0.29) is 11.7 Å². The van der Waals surface area contributed by atoms with Gasteiger partial charge in [0, 0.05) is 0 Å². The molecule has 1 nitrogen and oxygen atoms in total. The van der Waals surface area contributed by atoms with Gasteiger partial charge in [-0.05, 0) is 13.8 Å². The first-order chi connectivity index (χ1) is 4.78. The van der Waals surface area contributed by atoms with E-state index in [0.29, 0.717) is 0 Å². The highest BCUT2D eigenvalue weighted by Gasteiger charge is 2.59. The smallest absolute Gasteiger partial charge is 0.246 e. The fraction of sp³-hybridized carbons (Fsp3) is 1.00. The van der Waals surface area contributed by atoms with Gasteiger partial charge in [0.05, 0.1) is 17.1 Å². The van der Waals surface area contributed by atoms with Crippen LogP contribution in [0, 0.1) is 5.41 Å². The van der Waals surface area contributed by atoms with Gasteiger partial charge in [-0.3, -0.25) is 0 Å². The first-order valence-electron chi connectivity index (χ1n) is 3.74. The Kier molecular flexibility index (Phi) is 1.75. The molecule has 0 aromatic carbocycles. The molecule has 0 amide bonds. The SMILES string of the molecule is CC1(C)O[C@H]1C(C)(C)C(F)F. The average molecular weight is 164 g/mol. The maximum atomic E-state index is 12.4. The third-order valence-corrected chi connectivity index (χ3v) is 2.23. The van der Waals surface area contributed by atoms with E-state index in [4.69, 9.17) is 4.74 Å². The summed E-state index contributed by atoms with van der Waals surface area (Å²) in [5, 5.41) is 0. The molecule has 0 unspecified atom stereocenters. The Balaban J connectivity index is 2.62. The first kappa shape index (κ1) is 8.91. The van der Waals surface area contributed by atoms with Crippen LogP contribution in [0.15, 0.2) is 0 Å². The molecule has 0 aliphatic carbocycles. The predicted octanol–water partition coefficient (Wildman–Crippen LogP) is 2.46. The fourth-order valence-corrected chi connectivity index (χ4v) is 1.43. The minimum Gasteiger partial charge on any atom is -0.366 e. The van der Waals surface area contributed by atoms with Crippen LogP contribution in [0.3, 0.4) is 0 Å². The molecule has 11 heavy (non-hydrogen) atoms. The van der Waals surface area contributed by atoms with Crippen LogP contribution < -0.4 is 0 Å². The lowest BCUT2D eigenvalue weighted by Gasteiger charge is -2.21. The summed E-state index contributed by atoms with van der Waals surface area (Å²) in [6.07, 6.45) is -2.61. The van der Waals surface area contributed by atoms with Crippen molar-refractivity contribution in [3.05, 3.63) is 0 Å². The number of rotatable bonds is 2. The van der Waals surface area contributed by atoms with Crippen molar-refractivity contribution in [3.63, 3.8) is 0 Å². The summed E-state index contributed by atoms with van der Waals surface area (Å²) in [6.45, 7) is 6.75. The highest BCUT2D eigenvalue weighted by molar-refractivity contribution is 5.04. The number of hydrogen-bond donors (Lipinski definition) is 0. The van der Waals surface area contributed by atoms with Crippen LogP contribution >= 0.6 is 0 Å². The highest BCUT2D eigenvalue weighted by Crippen LogP contribution is 2.49. The molecule has 1 aliphatic rings. The van der Waals surface area contributed by atoms with Crippen molar-refractivity contribution in [2.45, 2.75) is 45.8 Å². The standard InChI is InChI=1S/C8H14F2O/c1-7(2,6(9)10)5-8(3,4)11-5/h5-6H,1-4H3/t5-/m0/s1. The monoisotopic (exact) mass is 164 g/mol. The third-order valence-electron chi connectivity index (χ3n) is 2.23. The number of ether oxygens (including phenoxy) is 1. The van der Waals surface area contributed by atoms with Crippen LogP contribution in [0.25, 0.3) is 0 Å². The summed E-state index contributed by atoms with van der Waals surface area (Å²) in [5.41, 5.74) is -1.36. The predicted molar refractivity (Wildman–Crippen MR) is 38.7 cm³/mol. The summed E-state index contributed by atoms with van der Waals surface area (Å²) >= 11 is 0. The van der Waals surface area contributed by atoms with Gasteiger partial charge in [-0.2, -0.15) is 0 Å². The van der Waals surface area contributed by atoms with Gasteiger partial charge < -0.3 is 4.74 Å². The lowest BCUT2D eigenvalue weighted by molar-refractivity contribution is 0.00104. The first-order valence-corrected chi connectivity index (χ1v) is 3.74. The van der Waals surface area contributed by atoms with Gasteiger partial charge in [-0.15, -0.1) is 0 Å². The Morgan fingerprint density at radius 1 is 1.36 bits per heavy atom. The van der Waals surface area contributed by atoms with Crippen molar-refractivity contribution < 1.29 is 13.5 Å². The molecule has 3 heteroatoms. The van der Waals surface area contributed by atoms with E-state index < -0.39 is 11.8 Å². The molecule has 1 rings (SSSR count). The Hall–Kier alpha value is -0.180. The Labute approximate surface area is 65.7 Å². The summed E-state index contributed by atoms with van der Waals surface area (Å²) < 4.78 is 29.9. The zero-order valence-corrected chi connectivity index (χ0v) is 7.32. The molecule has 0 spiro atoms. The van der Waals surface area contributed by atoms with E-state index >= 15 is 0 Å². The molecule has 66 valence electrons. The molecule has 1 heterocycles. The second-order valence-electron chi connectivity index (χ2n) is 4.22. The zero-order chi connectivity index (χ0) is 8.86. The van der Waals surface area contributed by atoms with Crippen LogP contribution in [0.2, 0.25) is 0 Å². The number of epoxide rings is 1. The van der Waals surface area contributed by atoms with Crippen LogP contribution in [0.1, 0.15) is 27.7 Å². The van der Waals surface area contributed by atoms with Gasteiger partial charge in [0.1, 0.15) is 0 Å². The lowest BCUT2D eigenvalue weighted by atomic mass is 9.84. The van der Waals surface area contributed by atoms with Crippen LogP contribution in [0.4, 0.5) is 8.78 Å². The van der Waals surface area contributed by atoms with Gasteiger partial charge >= 0.3 is 0 Å². The molecule has 1 fully saturated rings. The van der Waals surface area contributed by atoms with E-state index in [9.17, 15) is 8.78 Å². The number of halogens is 2. The van der Waals surface area contributed by atoms with Crippen molar-refractivity contribution in [1.82, 2.24) is 0 Å². The summed E-state index contributed by atoms with van der Waals surface area (Å²) in [5.74, 6) is 0. The molecule has 1 atom stereocenters. The number of hydrogen-bond acceptors (Lipinski definition) is 1. The van der Waals surface area contributed by atoms with E-state index in [2.05, 4.69) is 0 Å². The molecule has 0 aromatic heterocycles. The highest BCUT2D eigenvalue weighted by atomic mass is 19.3. The van der Waals surface area contributed by atoms with E-state index in [0.717, 1.165) is 0 Å². The zero-order valence-electron chi connectivity index (χ0n) is 7.32. The Bertz CT molecular complexity index is 163. The minimum atomic E-state index is -2.31. The summed E-state index contributed by atoms with van der Waals surface area (Å²) in [7, 11) is 0. The molecular weight excluding hydrogens is 150 g/mol. The molecule has 1 saturated heterocycles. The van der Waals surface area contributed by atoms with Crippen molar-refractivity contribution in [2.24, 2.45) is 5.41 Å². The lowest BCUT2D eigenvalue weighted by Crippen LogP contribution is -2.31. The van der Waals surface area contributed by atoms with Gasteiger partial charge in [0.15, 0.2) is 0 Å². The van der Waals surface area contributed by atoms with Crippen LogP contribution in [-0.2, 0) is 4.74 Å². The normalized spacial score (nSPS) is 29.2. The molecule has 0 aromatic rings. The second kappa shape index (κ2) is 2.16. The van der Waals surface area contributed by atoms with Crippen molar-refractivity contribution in [2.75, 3.05) is 0 Å². The molecule has 0 bridgehead atoms. The summed E-state index contributed by atoms with van der Waals surface area (Å²) in [6, 6.07) is 0. The Morgan fingerprint density at radius 3 is 1.82 bits per heavy atom. The maximum absolute atomic E-state index is 12.4. The molecule has 0 saturated carbocycles. The Morgan fingerprint density at radius 2 is 1.73 bits per heavy atom.